The van der Waals surface area contributed by atoms with Crippen molar-refractivity contribution in [3.63, 3.8) is 0 Å². The Bertz CT molecular complexity index is 363. The number of carbonyl (C=O) groups is 1. The van der Waals surface area contributed by atoms with Gasteiger partial charge >= 0.3 is 6.03 Å². The Balaban J connectivity index is 2.50. The lowest BCUT2D eigenvalue weighted by Gasteiger charge is -2.14. The first kappa shape index (κ1) is 13.4. The van der Waals surface area contributed by atoms with E-state index in [0.717, 1.165) is 30.8 Å². The van der Waals surface area contributed by atoms with Crippen molar-refractivity contribution in [2.45, 2.75) is 19.8 Å². The molecule has 17 heavy (non-hydrogen) atoms. The Morgan fingerprint density at radius 1 is 1.35 bits per heavy atom. The molecule has 0 unspecified atom stereocenters. The minimum absolute atomic E-state index is 0.144. The van der Waals surface area contributed by atoms with Crippen molar-refractivity contribution < 1.29 is 4.79 Å². The van der Waals surface area contributed by atoms with E-state index in [1.165, 1.54) is 0 Å². The highest BCUT2D eigenvalue weighted by Gasteiger charge is 2.02. The van der Waals surface area contributed by atoms with Crippen LogP contribution in [-0.4, -0.2) is 26.7 Å². The van der Waals surface area contributed by atoms with E-state index in [0.29, 0.717) is 0 Å². The molecule has 0 heterocycles. The number of unbranched alkanes of at least 4 members (excludes halogenated alkanes) is 1. The lowest BCUT2D eigenvalue weighted by molar-refractivity contribution is 0.252. The van der Waals surface area contributed by atoms with E-state index in [1.807, 2.05) is 43.3 Å². The van der Waals surface area contributed by atoms with Gasteiger partial charge in [0.15, 0.2) is 0 Å². The molecule has 0 bridgehead atoms. The molecule has 0 saturated carbocycles. The van der Waals surface area contributed by atoms with Crippen molar-refractivity contribution in [1.82, 2.24) is 5.32 Å². The third kappa shape index (κ3) is 4.76. The first-order chi connectivity index (χ1) is 8.13. The van der Waals surface area contributed by atoms with Crippen LogP contribution in [0.3, 0.4) is 0 Å². The molecule has 2 N–H and O–H groups in total. The summed E-state index contributed by atoms with van der Waals surface area (Å²) in [6.45, 7) is 2.82. The molecule has 2 amide bonds. The topological polar surface area (TPSA) is 44.4 Å². The van der Waals surface area contributed by atoms with Crippen LogP contribution in [0.2, 0.25) is 0 Å². The van der Waals surface area contributed by atoms with Gasteiger partial charge in [0.1, 0.15) is 0 Å². The summed E-state index contributed by atoms with van der Waals surface area (Å²) in [4.78, 5) is 13.5. The zero-order valence-corrected chi connectivity index (χ0v) is 10.8. The Hall–Kier alpha value is -1.71. The fourth-order valence-electron chi connectivity index (χ4n) is 1.42. The van der Waals surface area contributed by atoms with Crippen LogP contribution >= 0.6 is 0 Å². The molecule has 1 aromatic carbocycles. The number of nitrogens with zero attached hydrogens (tertiary/aromatic N) is 1. The van der Waals surface area contributed by atoms with Gasteiger partial charge in [-0.05, 0) is 24.6 Å². The first-order valence-electron chi connectivity index (χ1n) is 5.95. The second-order valence-corrected chi connectivity index (χ2v) is 4.18. The molecule has 0 saturated heterocycles. The smallest absolute Gasteiger partial charge is 0.319 e. The van der Waals surface area contributed by atoms with Gasteiger partial charge in [0.2, 0.25) is 0 Å². The van der Waals surface area contributed by atoms with Crippen molar-refractivity contribution in [3.8, 4) is 0 Å². The molecule has 0 spiro atoms. The predicted molar refractivity (Wildman–Crippen MR) is 72.7 cm³/mol. The number of amides is 2. The maximum Gasteiger partial charge on any atom is 0.319 e. The number of carbonyl (C=O) groups excluding carboxylic acids is 1. The maximum atomic E-state index is 11.5. The van der Waals surface area contributed by atoms with Crippen molar-refractivity contribution >= 4 is 17.4 Å². The van der Waals surface area contributed by atoms with Crippen LogP contribution < -0.4 is 15.5 Å². The zero-order valence-electron chi connectivity index (χ0n) is 10.8. The largest absolute Gasteiger partial charge is 0.378 e. The highest BCUT2D eigenvalue weighted by molar-refractivity contribution is 5.89. The number of benzene rings is 1. The lowest BCUT2D eigenvalue weighted by Crippen LogP contribution is -2.29. The Morgan fingerprint density at radius 3 is 2.76 bits per heavy atom. The molecule has 0 aliphatic rings. The van der Waals surface area contributed by atoms with Crippen LogP contribution in [0.1, 0.15) is 19.8 Å². The van der Waals surface area contributed by atoms with E-state index in [1.54, 1.807) is 0 Å². The quantitative estimate of drug-likeness (QED) is 0.771. The Labute approximate surface area is 103 Å². The summed E-state index contributed by atoms with van der Waals surface area (Å²) >= 11 is 0. The van der Waals surface area contributed by atoms with Gasteiger partial charge in [-0.3, -0.25) is 0 Å². The number of hydrogen-bond donors (Lipinski definition) is 2. The molecule has 94 valence electrons. The third-order valence-corrected chi connectivity index (χ3v) is 2.44. The molecule has 4 heteroatoms. The van der Waals surface area contributed by atoms with Crippen LogP contribution in [-0.2, 0) is 0 Å². The van der Waals surface area contributed by atoms with Crippen molar-refractivity contribution in [1.29, 1.82) is 0 Å². The standard InChI is InChI=1S/C13H21N3O/c1-4-5-9-14-13(17)15-11-7-6-8-12(10-11)16(2)3/h6-8,10H,4-5,9H2,1-3H3,(H2,14,15,17). The summed E-state index contributed by atoms with van der Waals surface area (Å²) in [7, 11) is 3.95. The number of hydrogen-bond acceptors (Lipinski definition) is 2. The summed E-state index contributed by atoms with van der Waals surface area (Å²) in [5, 5.41) is 5.64. The number of anilines is 2. The first-order valence-corrected chi connectivity index (χ1v) is 5.95. The van der Waals surface area contributed by atoms with E-state index in [-0.39, 0.29) is 6.03 Å². The molecule has 0 aliphatic heterocycles. The highest BCUT2D eigenvalue weighted by Crippen LogP contribution is 2.16. The van der Waals surface area contributed by atoms with Gasteiger partial charge in [-0.1, -0.05) is 19.4 Å². The summed E-state index contributed by atoms with van der Waals surface area (Å²) in [6.07, 6.45) is 2.08. The van der Waals surface area contributed by atoms with Crippen LogP contribution in [0.15, 0.2) is 24.3 Å². The van der Waals surface area contributed by atoms with Crippen molar-refractivity contribution in [2.75, 3.05) is 30.9 Å². The van der Waals surface area contributed by atoms with E-state index in [9.17, 15) is 4.79 Å². The second kappa shape index (κ2) is 6.78. The van der Waals surface area contributed by atoms with Crippen LogP contribution in [0.5, 0.6) is 0 Å². The molecule has 4 nitrogen and oxygen atoms in total. The SMILES string of the molecule is CCCCNC(=O)Nc1cccc(N(C)C)c1. The molecule has 0 radical (unpaired) electrons. The van der Waals surface area contributed by atoms with Gasteiger partial charge in [0.25, 0.3) is 0 Å². The molecule has 0 aliphatic carbocycles. The van der Waals surface area contributed by atoms with E-state index in [4.69, 9.17) is 0 Å². The Kier molecular flexibility index (Phi) is 5.33. The summed E-state index contributed by atoms with van der Waals surface area (Å²) in [6, 6.07) is 7.61. The monoisotopic (exact) mass is 235 g/mol. The van der Waals surface area contributed by atoms with Crippen LogP contribution in [0.25, 0.3) is 0 Å². The van der Waals surface area contributed by atoms with Gasteiger partial charge in [0.05, 0.1) is 0 Å². The minimum atomic E-state index is -0.144. The molecule has 0 atom stereocenters. The summed E-state index contributed by atoms with van der Waals surface area (Å²) in [5.74, 6) is 0. The van der Waals surface area contributed by atoms with Gasteiger partial charge in [-0.2, -0.15) is 0 Å². The van der Waals surface area contributed by atoms with Gasteiger partial charge < -0.3 is 15.5 Å². The average Bonchev–Trinajstić information content (AvgIpc) is 2.29. The summed E-state index contributed by atoms with van der Waals surface area (Å²) < 4.78 is 0. The fourth-order valence-corrected chi connectivity index (χ4v) is 1.42. The molecule has 0 fully saturated rings. The molecular weight excluding hydrogens is 214 g/mol. The minimum Gasteiger partial charge on any atom is -0.378 e. The highest BCUT2D eigenvalue weighted by atomic mass is 16.2. The van der Waals surface area contributed by atoms with Crippen molar-refractivity contribution in [2.24, 2.45) is 0 Å². The van der Waals surface area contributed by atoms with Crippen LogP contribution in [0, 0.1) is 0 Å². The Morgan fingerprint density at radius 2 is 2.12 bits per heavy atom. The van der Waals surface area contributed by atoms with E-state index < -0.39 is 0 Å². The lowest BCUT2D eigenvalue weighted by atomic mass is 10.2. The normalized spacial score (nSPS) is 9.82. The third-order valence-electron chi connectivity index (χ3n) is 2.44. The van der Waals surface area contributed by atoms with Gasteiger partial charge in [-0.25, -0.2) is 4.79 Å². The van der Waals surface area contributed by atoms with Gasteiger partial charge in [-0.15, -0.1) is 0 Å². The average molecular weight is 235 g/mol. The summed E-state index contributed by atoms with van der Waals surface area (Å²) in [5.41, 5.74) is 1.88. The maximum absolute atomic E-state index is 11.5. The molecule has 0 aromatic heterocycles. The predicted octanol–water partition coefficient (Wildman–Crippen LogP) is 2.67. The molecule has 1 aromatic rings. The number of rotatable bonds is 5. The molecule has 1 rings (SSSR count). The number of urea groups is 1. The molecular formula is C13H21N3O. The van der Waals surface area contributed by atoms with E-state index in [2.05, 4.69) is 17.6 Å². The van der Waals surface area contributed by atoms with Crippen molar-refractivity contribution in [3.05, 3.63) is 24.3 Å². The second-order valence-electron chi connectivity index (χ2n) is 4.18. The fraction of sp³-hybridized carbons (Fsp3) is 0.462. The number of nitrogens with one attached hydrogen (secondary N) is 2. The van der Waals surface area contributed by atoms with Gasteiger partial charge in [0, 0.05) is 32.0 Å². The van der Waals surface area contributed by atoms with E-state index >= 15 is 0 Å². The zero-order chi connectivity index (χ0) is 12.7. The van der Waals surface area contributed by atoms with Crippen LogP contribution in [0.4, 0.5) is 16.2 Å².